The summed E-state index contributed by atoms with van der Waals surface area (Å²) in [6, 6.07) is 15.4. The van der Waals surface area contributed by atoms with Crippen LogP contribution in [-0.4, -0.2) is 52.2 Å². The molecule has 1 aromatic carbocycles. The number of aromatic nitrogens is 3. The van der Waals surface area contributed by atoms with Gasteiger partial charge in [0.2, 0.25) is 0 Å². The third-order valence-electron chi connectivity index (χ3n) is 4.81. The lowest BCUT2D eigenvalue weighted by Crippen LogP contribution is -2.49. The van der Waals surface area contributed by atoms with Crippen molar-refractivity contribution in [3.05, 3.63) is 69.4 Å². The van der Waals surface area contributed by atoms with E-state index in [9.17, 15) is 4.79 Å². The molecule has 0 spiro atoms. The number of pyridine rings is 1. The molecule has 0 radical (unpaired) electrons. The van der Waals surface area contributed by atoms with Gasteiger partial charge in [0.05, 0.1) is 5.56 Å². The molecule has 148 valence electrons. The van der Waals surface area contributed by atoms with E-state index in [2.05, 4.69) is 48.0 Å². The highest BCUT2D eigenvalue weighted by Gasteiger charge is 2.24. The number of piperazine rings is 1. The lowest BCUT2D eigenvalue weighted by Gasteiger charge is -2.35. The quantitative estimate of drug-likeness (QED) is 0.553. The van der Waals surface area contributed by atoms with Gasteiger partial charge in [-0.3, -0.25) is 4.79 Å². The highest BCUT2D eigenvalue weighted by Crippen LogP contribution is 2.19. The molecule has 29 heavy (non-hydrogen) atoms. The number of hydrogen-bond donors (Lipinski definition) is 1. The molecule has 1 amide bonds. The monoisotopic (exact) mass is 500 g/mol. The molecule has 1 N–H and O–H groups in total. The Morgan fingerprint density at radius 2 is 1.72 bits per heavy atom. The second kappa shape index (κ2) is 8.73. The third kappa shape index (κ3) is 4.64. The summed E-state index contributed by atoms with van der Waals surface area (Å²) in [5, 5.41) is 11.7. The predicted octanol–water partition coefficient (Wildman–Crippen LogP) is 3.49. The molecular formula is C21H21IN6O. The molecule has 3 aromatic rings. The van der Waals surface area contributed by atoms with Gasteiger partial charge in [-0.15, -0.1) is 10.2 Å². The van der Waals surface area contributed by atoms with Gasteiger partial charge in [0.1, 0.15) is 5.82 Å². The van der Waals surface area contributed by atoms with Crippen molar-refractivity contribution < 1.29 is 4.79 Å². The zero-order valence-corrected chi connectivity index (χ0v) is 18.2. The van der Waals surface area contributed by atoms with Gasteiger partial charge >= 0.3 is 0 Å². The molecule has 1 aliphatic rings. The van der Waals surface area contributed by atoms with Gasteiger partial charge in [0.15, 0.2) is 11.6 Å². The summed E-state index contributed by atoms with van der Waals surface area (Å²) in [7, 11) is 0. The van der Waals surface area contributed by atoms with E-state index < -0.39 is 0 Å². The number of aryl methyl sites for hydroxylation is 1. The van der Waals surface area contributed by atoms with E-state index in [0.29, 0.717) is 18.9 Å². The first-order valence-electron chi connectivity index (χ1n) is 9.42. The van der Waals surface area contributed by atoms with Gasteiger partial charge in [0.25, 0.3) is 5.91 Å². The van der Waals surface area contributed by atoms with Crippen LogP contribution in [0.5, 0.6) is 0 Å². The van der Waals surface area contributed by atoms with Gasteiger partial charge in [-0.1, -0.05) is 18.2 Å². The Kier molecular flexibility index (Phi) is 5.89. The number of carbonyl (C=O) groups excluding carboxylic acids is 1. The van der Waals surface area contributed by atoms with Crippen LogP contribution in [0, 0.1) is 10.5 Å². The van der Waals surface area contributed by atoms with Gasteiger partial charge < -0.3 is 15.1 Å². The lowest BCUT2D eigenvalue weighted by atomic mass is 10.2. The minimum atomic E-state index is 0.0888. The molecule has 7 nitrogen and oxygen atoms in total. The Balaban J connectivity index is 1.35. The second-order valence-electron chi connectivity index (χ2n) is 6.88. The van der Waals surface area contributed by atoms with Crippen molar-refractivity contribution in [1.82, 2.24) is 20.1 Å². The Bertz CT molecular complexity index is 985. The first-order valence-corrected chi connectivity index (χ1v) is 10.5. The van der Waals surface area contributed by atoms with Crippen LogP contribution in [0.4, 0.5) is 17.5 Å². The number of carbonyl (C=O) groups is 1. The first kappa shape index (κ1) is 19.6. The zero-order valence-electron chi connectivity index (χ0n) is 16.0. The van der Waals surface area contributed by atoms with Crippen LogP contribution in [0.3, 0.4) is 0 Å². The molecule has 1 aliphatic heterocycles. The fraction of sp³-hybridized carbons (Fsp3) is 0.238. The fourth-order valence-electron chi connectivity index (χ4n) is 3.18. The van der Waals surface area contributed by atoms with Crippen molar-refractivity contribution >= 4 is 46.0 Å². The Labute approximate surface area is 183 Å². The van der Waals surface area contributed by atoms with E-state index in [1.54, 1.807) is 6.20 Å². The van der Waals surface area contributed by atoms with Crippen molar-refractivity contribution in [3.8, 4) is 0 Å². The number of hydrogen-bond acceptors (Lipinski definition) is 6. The summed E-state index contributed by atoms with van der Waals surface area (Å²) in [5.74, 6) is 2.29. The van der Waals surface area contributed by atoms with E-state index in [1.807, 2.05) is 60.4 Å². The van der Waals surface area contributed by atoms with Crippen molar-refractivity contribution in [2.75, 3.05) is 36.4 Å². The molecule has 4 rings (SSSR count). The van der Waals surface area contributed by atoms with Crippen LogP contribution >= 0.6 is 22.6 Å². The molecule has 1 saturated heterocycles. The Morgan fingerprint density at radius 1 is 0.966 bits per heavy atom. The summed E-state index contributed by atoms with van der Waals surface area (Å²) in [4.78, 5) is 21.1. The Hall–Kier alpha value is -2.75. The van der Waals surface area contributed by atoms with Crippen molar-refractivity contribution in [2.45, 2.75) is 6.92 Å². The summed E-state index contributed by atoms with van der Waals surface area (Å²) in [6.07, 6.45) is 1.81. The minimum absolute atomic E-state index is 0.0888. The summed E-state index contributed by atoms with van der Waals surface area (Å²) in [5.41, 5.74) is 1.87. The van der Waals surface area contributed by atoms with E-state index >= 15 is 0 Å². The summed E-state index contributed by atoms with van der Waals surface area (Å²) in [6.45, 7) is 4.79. The van der Waals surface area contributed by atoms with E-state index in [1.165, 1.54) is 0 Å². The fourth-order valence-corrected chi connectivity index (χ4v) is 3.80. The van der Waals surface area contributed by atoms with Crippen LogP contribution in [0.1, 0.15) is 15.9 Å². The van der Waals surface area contributed by atoms with Crippen LogP contribution in [-0.2, 0) is 0 Å². The summed E-state index contributed by atoms with van der Waals surface area (Å²) >= 11 is 2.21. The number of rotatable bonds is 4. The predicted molar refractivity (Wildman–Crippen MR) is 122 cm³/mol. The van der Waals surface area contributed by atoms with Gasteiger partial charge in [0, 0.05) is 35.9 Å². The zero-order chi connectivity index (χ0) is 20.2. The lowest BCUT2D eigenvalue weighted by molar-refractivity contribution is 0.0745. The number of amides is 1. The number of anilines is 3. The number of halogens is 1. The van der Waals surface area contributed by atoms with Crippen molar-refractivity contribution in [3.63, 3.8) is 0 Å². The average molecular weight is 500 g/mol. The molecule has 0 aliphatic carbocycles. The van der Waals surface area contributed by atoms with E-state index in [0.717, 1.165) is 39.4 Å². The highest BCUT2D eigenvalue weighted by atomic mass is 127. The van der Waals surface area contributed by atoms with E-state index in [-0.39, 0.29) is 5.91 Å². The van der Waals surface area contributed by atoms with Gasteiger partial charge in [-0.2, -0.15) is 0 Å². The molecule has 8 heteroatoms. The highest BCUT2D eigenvalue weighted by molar-refractivity contribution is 14.1. The van der Waals surface area contributed by atoms with Gasteiger partial charge in [-0.05, 0) is 65.4 Å². The maximum Gasteiger partial charge on any atom is 0.255 e. The van der Waals surface area contributed by atoms with Crippen molar-refractivity contribution in [2.24, 2.45) is 0 Å². The number of nitrogens with zero attached hydrogens (tertiary/aromatic N) is 5. The normalized spacial score (nSPS) is 14.0. The second-order valence-corrected chi connectivity index (χ2v) is 8.04. The van der Waals surface area contributed by atoms with Crippen LogP contribution in [0.2, 0.25) is 0 Å². The smallest absolute Gasteiger partial charge is 0.255 e. The Morgan fingerprint density at radius 3 is 2.38 bits per heavy atom. The van der Waals surface area contributed by atoms with Crippen LogP contribution in [0.15, 0.2) is 54.7 Å². The van der Waals surface area contributed by atoms with Crippen LogP contribution in [0.25, 0.3) is 0 Å². The molecular weight excluding hydrogens is 479 g/mol. The third-order valence-corrected chi connectivity index (χ3v) is 5.75. The molecule has 0 saturated carbocycles. The summed E-state index contributed by atoms with van der Waals surface area (Å²) < 4.78 is 0.981. The molecule has 0 unspecified atom stereocenters. The molecule has 2 aromatic heterocycles. The molecule has 0 atom stereocenters. The average Bonchev–Trinajstić information content (AvgIpc) is 2.76. The first-order chi connectivity index (χ1) is 14.1. The van der Waals surface area contributed by atoms with Crippen LogP contribution < -0.4 is 10.2 Å². The maximum absolute atomic E-state index is 12.8. The SMILES string of the molecule is Cc1ccc(Nc2ccc(N3CCN(C(=O)c4ccccc4I)CC3)nn2)nc1. The molecule has 0 bridgehead atoms. The minimum Gasteiger partial charge on any atom is -0.352 e. The van der Waals surface area contributed by atoms with E-state index in [4.69, 9.17) is 0 Å². The van der Waals surface area contributed by atoms with Crippen molar-refractivity contribution in [1.29, 1.82) is 0 Å². The topological polar surface area (TPSA) is 74.2 Å². The number of nitrogens with one attached hydrogen (secondary N) is 1. The molecule has 3 heterocycles. The van der Waals surface area contributed by atoms with Gasteiger partial charge in [-0.25, -0.2) is 4.98 Å². The largest absolute Gasteiger partial charge is 0.352 e. The standard InChI is InChI=1S/C21H21IN6O/c1-15-6-7-18(23-14-15)24-19-8-9-20(26-25-19)27-10-12-28(13-11-27)21(29)16-4-2-3-5-17(16)22/h2-9,14H,10-13H2,1H3,(H,23,24,25). The number of benzene rings is 1. The maximum atomic E-state index is 12.8. The molecule has 1 fully saturated rings.